The smallest absolute Gasteiger partial charge is 0.408 e. The summed E-state index contributed by atoms with van der Waals surface area (Å²) in [4.78, 5) is 12.1. The Morgan fingerprint density at radius 1 is 1.33 bits per heavy atom. The first kappa shape index (κ1) is 21.9. The van der Waals surface area contributed by atoms with Crippen LogP contribution >= 0.6 is 35.1 Å². The van der Waals surface area contributed by atoms with Gasteiger partial charge in [0.05, 0.1) is 0 Å². The highest BCUT2D eigenvalue weighted by molar-refractivity contribution is 7.98. The predicted octanol–water partition coefficient (Wildman–Crippen LogP) is 5.33. The molecule has 1 heterocycles. The average molecular weight is 430 g/mol. The maximum atomic E-state index is 12.1. The van der Waals surface area contributed by atoms with E-state index >= 15 is 0 Å². The summed E-state index contributed by atoms with van der Waals surface area (Å²) < 4.78 is 11.1. The van der Waals surface area contributed by atoms with Gasteiger partial charge in [0, 0.05) is 10.8 Å². The van der Waals surface area contributed by atoms with E-state index in [1.807, 2.05) is 51.3 Å². The number of benzene rings is 1. The maximum absolute atomic E-state index is 12.1. The Hall–Kier alpha value is -1.38. The Bertz CT molecular complexity index is 749. The summed E-state index contributed by atoms with van der Waals surface area (Å²) in [5, 5.41) is 12.1. The van der Waals surface area contributed by atoms with Crippen molar-refractivity contribution >= 4 is 41.2 Å². The number of hydrogen-bond acceptors (Lipinski definition) is 7. The molecule has 1 atom stereocenters. The third-order valence-corrected chi connectivity index (χ3v) is 5.21. The van der Waals surface area contributed by atoms with Gasteiger partial charge in [-0.05, 0) is 50.8 Å². The van der Waals surface area contributed by atoms with Gasteiger partial charge in [-0.2, -0.15) is 11.8 Å². The number of ether oxygens (including phenoxy) is 1. The molecule has 0 radical (unpaired) electrons. The average Bonchev–Trinajstić information content (AvgIpc) is 3.05. The molecule has 0 aliphatic carbocycles. The zero-order valence-corrected chi connectivity index (χ0v) is 18.2. The molecule has 2 aromatic rings. The molecule has 1 unspecified atom stereocenters. The minimum absolute atomic E-state index is 0.372. The van der Waals surface area contributed by atoms with Gasteiger partial charge in [-0.15, -0.1) is 10.2 Å². The van der Waals surface area contributed by atoms with Crippen LogP contribution < -0.4 is 5.32 Å². The van der Waals surface area contributed by atoms with E-state index in [9.17, 15) is 4.79 Å². The van der Waals surface area contributed by atoms with Gasteiger partial charge >= 0.3 is 6.09 Å². The molecule has 0 aliphatic rings. The van der Waals surface area contributed by atoms with Crippen LogP contribution in [-0.4, -0.2) is 33.9 Å². The first-order valence-corrected chi connectivity index (χ1v) is 11.2. The molecule has 0 saturated heterocycles. The Morgan fingerprint density at radius 2 is 2.07 bits per heavy atom. The van der Waals surface area contributed by atoms with Crippen LogP contribution in [0.3, 0.4) is 0 Å². The zero-order valence-electron chi connectivity index (χ0n) is 15.8. The van der Waals surface area contributed by atoms with Crippen LogP contribution in [0.4, 0.5) is 4.79 Å². The van der Waals surface area contributed by atoms with Crippen molar-refractivity contribution in [3.8, 4) is 0 Å². The van der Waals surface area contributed by atoms with E-state index in [4.69, 9.17) is 20.8 Å². The lowest BCUT2D eigenvalue weighted by Gasteiger charge is -2.22. The van der Waals surface area contributed by atoms with Gasteiger partial charge < -0.3 is 14.5 Å². The number of nitrogens with zero attached hydrogens (tertiary/aromatic N) is 2. The molecule has 0 aliphatic heterocycles. The predicted molar refractivity (Wildman–Crippen MR) is 110 cm³/mol. The Kier molecular flexibility index (Phi) is 8.31. The van der Waals surface area contributed by atoms with Crippen LogP contribution in [0.2, 0.25) is 5.02 Å². The lowest BCUT2D eigenvalue weighted by Crippen LogP contribution is -2.35. The second-order valence-corrected chi connectivity index (χ2v) is 9.09. The van der Waals surface area contributed by atoms with E-state index in [0.717, 1.165) is 11.3 Å². The molecule has 148 valence electrons. The van der Waals surface area contributed by atoms with Crippen LogP contribution in [0.25, 0.3) is 0 Å². The van der Waals surface area contributed by atoms with Crippen molar-refractivity contribution in [2.75, 3.05) is 12.0 Å². The van der Waals surface area contributed by atoms with Crippen molar-refractivity contribution in [3.63, 3.8) is 0 Å². The number of hydrogen-bond donors (Lipinski definition) is 1. The number of halogens is 1. The summed E-state index contributed by atoms with van der Waals surface area (Å²) in [6, 6.07) is 7.23. The number of amides is 1. The van der Waals surface area contributed by atoms with Gasteiger partial charge in [-0.3, -0.25) is 0 Å². The molecule has 1 aromatic carbocycles. The highest BCUT2D eigenvalue weighted by atomic mass is 35.5. The Morgan fingerprint density at radius 3 is 2.74 bits per heavy atom. The molecule has 6 nitrogen and oxygen atoms in total. The number of alkyl carbamates (subject to hydrolysis) is 1. The van der Waals surface area contributed by atoms with Crippen LogP contribution in [0, 0.1) is 0 Å². The fourth-order valence-corrected chi connectivity index (χ4v) is 3.64. The fraction of sp³-hybridized carbons (Fsp3) is 0.500. The highest BCUT2D eigenvalue weighted by Crippen LogP contribution is 2.27. The van der Waals surface area contributed by atoms with Crippen molar-refractivity contribution in [2.24, 2.45) is 0 Å². The topological polar surface area (TPSA) is 77.2 Å². The van der Waals surface area contributed by atoms with Gasteiger partial charge in [0.25, 0.3) is 5.22 Å². The van der Waals surface area contributed by atoms with Gasteiger partial charge in [0.1, 0.15) is 11.6 Å². The SMILES string of the molecule is CSCCC(NC(=O)OC(C)(C)C)c1nnc(SCc2ccccc2Cl)o1. The van der Waals surface area contributed by atoms with Crippen molar-refractivity contribution in [2.45, 2.75) is 49.8 Å². The number of thioether (sulfide) groups is 2. The quantitative estimate of drug-likeness (QED) is 0.568. The monoisotopic (exact) mass is 429 g/mol. The molecule has 0 spiro atoms. The lowest BCUT2D eigenvalue weighted by atomic mass is 10.2. The Balaban J connectivity index is 2.01. The van der Waals surface area contributed by atoms with Crippen molar-refractivity contribution in [1.82, 2.24) is 15.5 Å². The van der Waals surface area contributed by atoms with Crippen molar-refractivity contribution in [1.29, 1.82) is 0 Å². The number of aromatic nitrogens is 2. The molecule has 1 N–H and O–H groups in total. The number of carbonyl (C=O) groups is 1. The molecule has 9 heteroatoms. The normalized spacial score (nSPS) is 12.6. The van der Waals surface area contributed by atoms with E-state index in [1.165, 1.54) is 11.8 Å². The fourth-order valence-electron chi connectivity index (χ4n) is 2.12. The highest BCUT2D eigenvalue weighted by Gasteiger charge is 2.24. The van der Waals surface area contributed by atoms with Crippen LogP contribution in [0.15, 0.2) is 33.9 Å². The van der Waals surface area contributed by atoms with Gasteiger partial charge in [-0.1, -0.05) is 41.6 Å². The van der Waals surface area contributed by atoms with Crippen molar-refractivity contribution < 1.29 is 13.9 Å². The standard InChI is InChI=1S/C18H24ClN3O3S2/c1-18(2,3)25-16(23)20-14(9-10-26-4)15-21-22-17(24-15)27-11-12-7-5-6-8-13(12)19/h5-8,14H,9-11H2,1-4H3,(H,20,23). The van der Waals surface area contributed by atoms with Crippen LogP contribution in [0.5, 0.6) is 0 Å². The third kappa shape index (κ3) is 7.63. The van der Waals surface area contributed by atoms with Gasteiger partial charge in [0.15, 0.2) is 0 Å². The minimum atomic E-state index is -0.570. The lowest BCUT2D eigenvalue weighted by molar-refractivity contribution is 0.0493. The second kappa shape index (κ2) is 10.2. The molecular weight excluding hydrogens is 406 g/mol. The summed E-state index contributed by atoms with van der Waals surface area (Å²) in [5.41, 5.74) is 0.425. The first-order valence-electron chi connectivity index (χ1n) is 8.46. The molecule has 1 aromatic heterocycles. The molecule has 0 bridgehead atoms. The number of rotatable bonds is 8. The van der Waals surface area contributed by atoms with Gasteiger partial charge in [0.2, 0.25) is 5.89 Å². The molecule has 0 saturated carbocycles. The molecule has 27 heavy (non-hydrogen) atoms. The summed E-state index contributed by atoms with van der Waals surface area (Å²) in [6.45, 7) is 5.46. The number of nitrogens with one attached hydrogen (secondary N) is 1. The summed E-state index contributed by atoms with van der Waals surface area (Å²) in [5.74, 6) is 1.83. The number of carbonyl (C=O) groups excluding carboxylic acids is 1. The molecule has 2 rings (SSSR count). The van der Waals surface area contributed by atoms with Crippen LogP contribution in [0.1, 0.15) is 44.7 Å². The summed E-state index contributed by atoms with van der Waals surface area (Å²) in [6.07, 6.45) is 2.16. The summed E-state index contributed by atoms with van der Waals surface area (Å²) in [7, 11) is 0. The maximum Gasteiger partial charge on any atom is 0.408 e. The third-order valence-electron chi connectivity index (χ3n) is 3.33. The zero-order chi connectivity index (χ0) is 19.9. The van der Waals surface area contributed by atoms with Crippen molar-refractivity contribution in [3.05, 3.63) is 40.7 Å². The van der Waals surface area contributed by atoms with E-state index in [0.29, 0.717) is 28.3 Å². The van der Waals surface area contributed by atoms with E-state index in [1.54, 1.807) is 11.8 Å². The molecule has 0 fully saturated rings. The molecular formula is C18H24ClN3O3S2. The molecule has 1 amide bonds. The first-order chi connectivity index (χ1) is 12.8. The van der Waals surface area contributed by atoms with Gasteiger partial charge in [-0.25, -0.2) is 4.79 Å². The summed E-state index contributed by atoms with van der Waals surface area (Å²) >= 11 is 9.25. The van der Waals surface area contributed by atoms with E-state index in [2.05, 4.69) is 15.5 Å². The minimum Gasteiger partial charge on any atom is -0.444 e. The van der Waals surface area contributed by atoms with Crippen LogP contribution in [-0.2, 0) is 10.5 Å². The largest absolute Gasteiger partial charge is 0.444 e. The second-order valence-electron chi connectivity index (χ2n) is 6.77. The Labute approximate surface area is 173 Å². The van der Waals surface area contributed by atoms with E-state index in [-0.39, 0.29) is 0 Å². The van der Waals surface area contributed by atoms with E-state index < -0.39 is 17.7 Å².